The van der Waals surface area contributed by atoms with Gasteiger partial charge in [-0.2, -0.15) is 5.10 Å². The van der Waals surface area contributed by atoms with Crippen LogP contribution in [0.3, 0.4) is 0 Å². The van der Waals surface area contributed by atoms with E-state index in [2.05, 4.69) is 15.4 Å². The number of hydrogen-bond acceptors (Lipinski definition) is 5. The van der Waals surface area contributed by atoms with Crippen molar-refractivity contribution in [2.75, 3.05) is 7.11 Å². The molecule has 0 saturated heterocycles. The standard InChI is InChI=1S/C15H19N7O2/c1-22-15(23)13(12(24-2)8-19-22)10-5-3-9(4-6-10)7-11(16)14(17)20-21-18/h3-6,8,11H,7,16H2,1-2H3,(H3,17,18,20)/p+1/t11-/m0/s1. The van der Waals surface area contributed by atoms with Crippen LogP contribution in [0.2, 0.25) is 0 Å². The molecule has 1 atom stereocenters. The van der Waals surface area contributed by atoms with Gasteiger partial charge in [0.25, 0.3) is 5.56 Å². The molecule has 0 unspecified atom stereocenters. The second-order valence-electron chi connectivity index (χ2n) is 5.16. The third-order valence-corrected chi connectivity index (χ3v) is 3.57. The summed E-state index contributed by atoms with van der Waals surface area (Å²) < 4.78 is 6.50. The Labute approximate surface area is 138 Å². The molecule has 2 aromatic rings. The summed E-state index contributed by atoms with van der Waals surface area (Å²) >= 11 is 0. The fraction of sp³-hybridized carbons (Fsp3) is 0.267. The molecule has 9 heteroatoms. The van der Waals surface area contributed by atoms with Crippen molar-refractivity contribution in [3.63, 3.8) is 0 Å². The van der Waals surface area contributed by atoms with Crippen molar-refractivity contribution in [3.8, 4) is 16.9 Å². The minimum atomic E-state index is -0.494. The normalized spacial score (nSPS) is 12.3. The van der Waals surface area contributed by atoms with Crippen LogP contribution in [0, 0.1) is 0 Å². The highest BCUT2D eigenvalue weighted by atomic mass is 16.5. The van der Waals surface area contributed by atoms with E-state index >= 15 is 0 Å². The Morgan fingerprint density at radius 2 is 2.08 bits per heavy atom. The van der Waals surface area contributed by atoms with Gasteiger partial charge in [-0.3, -0.25) is 16.0 Å². The first-order valence-electron chi connectivity index (χ1n) is 7.16. The van der Waals surface area contributed by atoms with Crippen molar-refractivity contribution in [2.24, 2.45) is 29.0 Å². The van der Waals surface area contributed by atoms with Crippen LogP contribution >= 0.6 is 0 Å². The summed E-state index contributed by atoms with van der Waals surface area (Å²) in [6.07, 6.45) is 1.98. The molecule has 1 aromatic carbocycles. The molecule has 0 amide bonds. The van der Waals surface area contributed by atoms with Gasteiger partial charge in [0.15, 0.2) is 5.75 Å². The second-order valence-corrected chi connectivity index (χ2v) is 5.16. The van der Waals surface area contributed by atoms with Gasteiger partial charge < -0.3 is 10.5 Å². The second kappa shape index (κ2) is 7.47. The SMILES string of the molecule is COc1cnn(C)c(=O)c1-c1ccc(C[C@H](N)C(=[NH2+])N=NN)cc1. The molecule has 1 heterocycles. The minimum Gasteiger partial charge on any atom is -0.494 e. The number of nitrogens with zero attached hydrogens (tertiary/aromatic N) is 4. The lowest BCUT2D eigenvalue weighted by molar-refractivity contribution is -0.119. The third-order valence-electron chi connectivity index (χ3n) is 3.57. The lowest BCUT2D eigenvalue weighted by Crippen LogP contribution is -2.50. The van der Waals surface area contributed by atoms with Gasteiger partial charge in [0.2, 0.25) is 0 Å². The number of ether oxygens (including phenoxy) is 1. The summed E-state index contributed by atoms with van der Waals surface area (Å²) in [5, 5.41) is 16.3. The number of aryl methyl sites for hydroxylation is 1. The highest BCUT2D eigenvalue weighted by Gasteiger charge is 2.18. The lowest BCUT2D eigenvalue weighted by Gasteiger charge is -2.10. The maximum absolute atomic E-state index is 12.3. The van der Waals surface area contributed by atoms with Crippen molar-refractivity contribution in [1.29, 1.82) is 0 Å². The lowest BCUT2D eigenvalue weighted by atomic mass is 10.0. The van der Waals surface area contributed by atoms with E-state index < -0.39 is 6.04 Å². The quantitative estimate of drug-likeness (QED) is 0.207. The molecule has 0 aliphatic carbocycles. The zero-order valence-corrected chi connectivity index (χ0v) is 13.5. The average molecular weight is 330 g/mol. The molecule has 0 radical (unpaired) electrons. The number of aromatic nitrogens is 2. The molecule has 0 spiro atoms. The molecule has 0 fully saturated rings. The predicted molar refractivity (Wildman–Crippen MR) is 89.1 cm³/mol. The molecular weight excluding hydrogens is 310 g/mol. The van der Waals surface area contributed by atoms with Crippen LogP contribution < -0.4 is 27.3 Å². The maximum Gasteiger partial charge on any atom is 0.336 e. The molecule has 6 N–H and O–H groups in total. The van der Waals surface area contributed by atoms with E-state index in [0.717, 1.165) is 11.1 Å². The number of nitrogens with two attached hydrogens (primary N) is 3. The van der Waals surface area contributed by atoms with E-state index in [-0.39, 0.29) is 11.4 Å². The number of methoxy groups -OCH3 is 1. The number of hydrogen-bond donors (Lipinski definition) is 3. The molecule has 24 heavy (non-hydrogen) atoms. The highest BCUT2D eigenvalue weighted by Crippen LogP contribution is 2.25. The van der Waals surface area contributed by atoms with E-state index in [1.54, 1.807) is 7.05 Å². The van der Waals surface area contributed by atoms with Gasteiger partial charge in [-0.05, 0) is 17.5 Å². The molecule has 0 bridgehead atoms. The van der Waals surface area contributed by atoms with Crippen molar-refractivity contribution in [1.82, 2.24) is 9.78 Å². The summed E-state index contributed by atoms with van der Waals surface area (Å²) in [4.78, 5) is 12.3. The predicted octanol–water partition coefficient (Wildman–Crippen LogP) is -1.19. The van der Waals surface area contributed by atoms with Gasteiger partial charge in [0.1, 0.15) is 6.04 Å². The zero-order valence-electron chi connectivity index (χ0n) is 13.5. The summed E-state index contributed by atoms with van der Waals surface area (Å²) in [5.74, 6) is 5.53. The Morgan fingerprint density at radius 1 is 1.42 bits per heavy atom. The zero-order chi connectivity index (χ0) is 17.7. The van der Waals surface area contributed by atoms with E-state index in [9.17, 15) is 4.79 Å². The Hall–Kier alpha value is -3.07. The first-order valence-corrected chi connectivity index (χ1v) is 7.16. The smallest absolute Gasteiger partial charge is 0.336 e. The monoisotopic (exact) mass is 330 g/mol. The van der Waals surface area contributed by atoms with Crippen LogP contribution in [0.25, 0.3) is 11.1 Å². The molecular formula is C15H20N7O2+. The first-order chi connectivity index (χ1) is 11.5. The van der Waals surface area contributed by atoms with Gasteiger partial charge in [-0.1, -0.05) is 24.3 Å². The molecule has 9 nitrogen and oxygen atoms in total. The maximum atomic E-state index is 12.3. The van der Waals surface area contributed by atoms with Crippen molar-refractivity contribution < 1.29 is 10.1 Å². The van der Waals surface area contributed by atoms with Gasteiger partial charge in [0.05, 0.1) is 24.0 Å². The Kier molecular flexibility index (Phi) is 5.38. The van der Waals surface area contributed by atoms with Crippen LogP contribution in [-0.2, 0) is 13.5 Å². The van der Waals surface area contributed by atoms with Crippen LogP contribution in [0.1, 0.15) is 5.56 Å². The summed E-state index contributed by atoms with van der Waals surface area (Å²) in [5.41, 5.74) is 7.80. The summed E-state index contributed by atoms with van der Waals surface area (Å²) in [7, 11) is 3.08. The van der Waals surface area contributed by atoms with E-state index in [1.165, 1.54) is 18.0 Å². The topological polar surface area (TPSA) is 146 Å². The summed E-state index contributed by atoms with van der Waals surface area (Å²) in [6, 6.07) is 6.87. The molecule has 0 saturated carbocycles. The van der Waals surface area contributed by atoms with Gasteiger partial charge in [-0.15, -0.1) is 0 Å². The fourth-order valence-corrected chi connectivity index (χ4v) is 2.25. The minimum absolute atomic E-state index is 0.159. The Morgan fingerprint density at radius 3 is 2.67 bits per heavy atom. The molecule has 1 aromatic heterocycles. The molecule has 2 rings (SSSR count). The van der Waals surface area contributed by atoms with E-state index in [1.807, 2.05) is 24.3 Å². The Bertz CT molecular complexity index is 812. The number of benzene rings is 1. The number of rotatable bonds is 5. The van der Waals surface area contributed by atoms with Crippen LogP contribution in [0.15, 0.2) is 45.6 Å². The van der Waals surface area contributed by atoms with Crippen molar-refractivity contribution >= 4 is 5.84 Å². The van der Waals surface area contributed by atoms with Gasteiger partial charge in [-0.25, -0.2) is 4.68 Å². The van der Waals surface area contributed by atoms with Crippen LogP contribution in [-0.4, -0.2) is 28.8 Å². The Balaban J connectivity index is 2.29. The third kappa shape index (κ3) is 3.63. The molecule has 0 aliphatic heterocycles. The fourth-order valence-electron chi connectivity index (χ4n) is 2.25. The van der Waals surface area contributed by atoms with E-state index in [0.29, 0.717) is 17.7 Å². The van der Waals surface area contributed by atoms with E-state index in [4.69, 9.17) is 21.7 Å². The largest absolute Gasteiger partial charge is 0.494 e. The first kappa shape index (κ1) is 17.3. The molecule has 126 valence electrons. The summed E-state index contributed by atoms with van der Waals surface area (Å²) in [6.45, 7) is 0. The molecule has 0 aliphatic rings. The van der Waals surface area contributed by atoms with Crippen LogP contribution in [0.5, 0.6) is 5.75 Å². The van der Waals surface area contributed by atoms with Gasteiger partial charge >= 0.3 is 5.84 Å². The van der Waals surface area contributed by atoms with Crippen molar-refractivity contribution in [3.05, 3.63) is 46.4 Å². The van der Waals surface area contributed by atoms with Crippen molar-refractivity contribution in [2.45, 2.75) is 12.5 Å². The average Bonchev–Trinajstić information content (AvgIpc) is 2.58. The van der Waals surface area contributed by atoms with Crippen LogP contribution in [0.4, 0.5) is 0 Å². The highest BCUT2D eigenvalue weighted by molar-refractivity contribution is 5.82. The van der Waals surface area contributed by atoms with Gasteiger partial charge in [0, 0.05) is 12.3 Å². The number of amidine groups is 1.